The van der Waals surface area contributed by atoms with E-state index in [-0.39, 0.29) is 11.3 Å². The molecule has 0 aliphatic heterocycles. The van der Waals surface area contributed by atoms with Crippen LogP contribution in [0.5, 0.6) is 0 Å². The van der Waals surface area contributed by atoms with Crippen LogP contribution in [0.3, 0.4) is 0 Å². The highest BCUT2D eigenvalue weighted by Gasteiger charge is 2.29. The number of hydrogen-bond donors (Lipinski definition) is 2. The normalized spacial score (nSPS) is 19.4. The lowest BCUT2D eigenvalue weighted by Crippen LogP contribution is -2.39. The van der Waals surface area contributed by atoms with Gasteiger partial charge in [-0.25, -0.2) is 0 Å². The van der Waals surface area contributed by atoms with Gasteiger partial charge in [0.2, 0.25) is 5.91 Å². The summed E-state index contributed by atoms with van der Waals surface area (Å²) in [6.45, 7) is 2.99. The minimum Gasteiger partial charge on any atom is -0.354 e. The lowest BCUT2D eigenvalue weighted by atomic mass is 9.89. The average Bonchev–Trinajstić information content (AvgIpc) is 2.83. The van der Waals surface area contributed by atoms with Crippen LogP contribution in [-0.4, -0.2) is 12.5 Å². The van der Waals surface area contributed by atoms with E-state index in [1.807, 2.05) is 30.3 Å². The summed E-state index contributed by atoms with van der Waals surface area (Å²) in [7, 11) is 0. The molecule has 18 heavy (non-hydrogen) atoms. The quantitative estimate of drug-likeness (QED) is 0.857. The highest BCUT2D eigenvalue weighted by molar-refractivity contribution is 5.82. The van der Waals surface area contributed by atoms with Gasteiger partial charge in [0.15, 0.2) is 0 Å². The molecule has 0 spiro atoms. The number of carbonyl (C=O) groups is 1. The molecule has 1 saturated carbocycles. The van der Waals surface area contributed by atoms with Crippen molar-refractivity contribution in [2.24, 2.45) is 11.1 Å². The third-order valence-corrected chi connectivity index (χ3v) is 3.94. The lowest BCUT2D eigenvalue weighted by Gasteiger charge is -2.24. The third kappa shape index (κ3) is 3.10. The van der Waals surface area contributed by atoms with Crippen LogP contribution < -0.4 is 11.1 Å². The van der Waals surface area contributed by atoms with E-state index >= 15 is 0 Å². The maximum atomic E-state index is 12.0. The standard InChI is InChI=1S/C15H22N2O/c1-15(9-5-6-10-15)11-17-14(18)13(16)12-7-3-2-4-8-12/h2-4,7-8,13H,5-6,9-11,16H2,1H3,(H,17,18)/t13-/m0/s1. The molecule has 0 aromatic heterocycles. The summed E-state index contributed by atoms with van der Waals surface area (Å²) in [5.41, 5.74) is 7.09. The van der Waals surface area contributed by atoms with E-state index in [1.165, 1.54) is 25.7 Å². The van der Waals surface area contributed by atoms with Gasteiger partial charge in [0.05, 0.1) is 0 Å². The minimum absolute atomic E-state index is 0.0747. The predicted molar refractivity (Wildman–Crippen MR) is 73.0 cm³/mol. The molecular formula is C15H22N2O. The van der Waals surface area contributed by atoms with Crippen LogP contribution in [0, 0.1) is 5.41 Å². The van der Waals surface area contributed by atoms with E-state index in [0.717, 1.165) is 12.1 Å². The molecular weight excluding hydrogens is 224 g/mol. The van der Waals surface area contributed by atoms with Crippen molar-refractivity contribution < 1.29 is 4.79 Å². The fourth-order valence-electron chi connectivity index (χ4n) is 2.63. The van der Waals surface area contributed by atoms with Crippen LogP contribution in [0.2, 0.25) is 0 Å². The number of amides is 1. The fourth-order valence-corrected chi connectivity index (χ4v) is 2.63. The molecule has 0 saturated heterocycles. The Morgan fingerprint density at radius 3 is 2.56 bits per heavy atom. The monoisotopic (exact) mass is 246 g/mol. The molecule has 0 heterocycles. The third-order valence-electron chi connectivity index (χ3n) is 3.94. The second-order valence-corrected chi connectivity index (χ2v) is 5.62. The summed E-state index contributed by atoms with van der Waals surface area (Å²) in [5.74, 6) is -0.0747. The highest BCUT2D eigenvalue weighted by Crippen LogP contribution is 2.36. The van der Waals surface area contributed by atoms with Crippen LogP contribution in [0.4, 0.5) is 0 Å². The molecule has 1 fully saturated rings. The number of hydrogen-bond acceptors (Lipinski definition) is 2. The van der Waals surface area contributed by atoms with Crippen LogP contribution in [0.15, 0.2) is 30.3 Å². The van der Waals surface area contributed by atoms with Gasteiger partial charge in [-0.05, 0) is 23.8 Å². The Labute approximate surface area is 109 Å². The first kappa shape index (κ1) is 13.1. The maximum Gasteiger partial charge on any atom is 0.241 e. The first-order valence-electron chi connectivity index (χ1n) is 6.69. The molecule has 1 aliphatic rings. The predicted octanol–water partition coefficient (Wildman–Crippen LogP) is 2.38. The van der Waals surface area contributed by atoms with Crippen LogP contribution in [0.25, 0.3) is 0 Å². The van der Waals surface area contributed by atoms with Crippen molar-refractivity contribution in [2.75, 3.05) is 6.54 Å². The number of rotatable bonds is 4. The number of nitrogens with one attached hydrogen (secondary N) is 1. The molecule has 2 rings (SSSR count). The summed E-state index contributed by atoms with van der Waals surface area (Å²) in [5, 5.41) is 3.00. The summed E-state index contributed by atoms with van der Waals surface area (Å²) in [6.07, 6.45) is 4.95. The Morgan fingerprint density at radius 1 is 1.33 bits per heavy atom. The first-order chi connectivity index (χ1) is 8.61. The summed E-state index contributed by atoms with van der Waals surface area (Å²) < 4.78 is 0. The van der Waals surface area contributed by atoms with Crippen molar-refractivity contribution in [3.8, 4) is 0 Å². The SMILES string of the molecule is CC1(CNC(=O)[C@@H](N)c2ccccc2)CCCC1. The zero-order valence-corrected chi connectivity index (χ0v) is 11.0. The van der Waals surface area contributed by atoms with Crippen molar-refractivity contribution in [3.63, 3.8) is 0 Å². The molecule has 3 heteroatoms. The second-order valence-electron chi connectivity index (χ2n) is 5.62. The lowest BCUT2D eigenvalue weighted by molar-refractivity contribution is -0.122. The highest BCUT2D eigenvalue weighted by atomic mass is 16.2. The van der Waals surface area contributed by atoms with Crippen molar-refractivity contribution >= 4 is 5.91 Å². The first-order valence-corrected chi connectivity index (χ1v) is 6.69. The Hall–Kier alpha value is -1.35. The maximum absolute atomic E-state index is 12.0. The van der Waals surface area contributed by atoms with Gasteiger partial charge in [0.1, 0.15) is 6.04 Å². The molecule has 0 radical (unpaired) electrons. The van der Waals surface area contributed by atoms with Gasteiger partial charge in [-0.1, -0.05) is 50.1 Å². The van der Waals surface area contributed by atoms with Gasteiger partial charge in [0.25, 0.3) is 0 Å². The minimum atomic E-state index is -0.559. The van der Waals surface area contributed by atoms with Crippen LogP contribution in [-0.2, 0) is 4.79 Å². The molecule has 0 unspecified atom stereocenters. The van der Waals surface area contributed by atoms with Crippen molar-refractivity contribution in [2.45, 2.75) is 38.6 Å². The molecule has 1 aromatic rings. The number of benzene rings is 1. The average molecular weight is 246 g/mol. The van der Waals surface area contributed by atoms with E-state index < -0.39 is 6.04 Å². The molecule has 1 amide bonds. The number of nitrogens with two attached hydrogens (primary N) is 1. The Kier molecular flexibility index (Phi) is 4.02. The Balaban J connectivity index is 1.88. The Bertz CT molecular complexity index is 396. The zero-order chi connectivity index (χ0) is 13.0. The molecule has 3 nitrogen and oxygen atoms in total. The molecule has 1 aromatic carbocycles. The van der Waals surface area contributed by atoms with Gasteiger partial charge in [-0.2, -0.15) is 0 Å². The van der Waals surface area contributed by atoms with Crippen LogP contribution in [0.1, 0.15) is 44.2 Å². The van der Waals surface area contributed by atoms with E-state index in [1.54, 1.807) is 0 Å². The topological polar surface area (TPSA) is 55.1 Å². The van der Waals surface area contributed by atoms with Crippen molar-refractivity contribution in [1.29, 1.82) is 0 Å². The summed E-state index contributed by atoms with van der Waals surface area (Å²) >= 11 is 0. The largest absolute Gasteiger partial charge is 0.354 e. The van der Waals surface area contributed by atoms with E-state index in [0.29, 0.717) is 0 Å². The van der Waals surface area contributed by atoms with E-state index in [4.69, 9.17) is 5.73 Å². The summed E-state index contributed by atoms with van der Waals surface area (Å²) in [6, 6.07) is 8.95. The smallest absolute Gasteiger partial charge is 0.241 e. The van der Waals surface area contributed by atoms with Gasteiger partial charge >= 0.3 is 0 Å². The van der Waals surface area contributed by atoms with Gasteiger partial charge in [-0.15, -0.1) is 0 Å². The molecule has 1 aliphatic carbocycles. The Morgan fingerprint density at radius 2 is 1.94 bits per heavy atom. The second kappa shape index (κ2) is 5.53. The zero-order valence-electron chi connectivity index (χ0n) is 11.0. The van der Waals surface area contributed by atoms with Crippen molar-refractivity contribution in [3.05, 3.63) is 35.9 Å². The van der Waals surface area contributed by atoms with Crippen molar-refractivity contribution in [1.82, 2.24) is 5.32 Å². The van der Waals surface area contributed by atoms with E-state index in [2.05, 4.69) is 12.2 Å². The molecule has 98 valence electrons. The molecule has 3 N–H and O–H groups in total. The van der Waals surface area contributed by atoms with Crippen LogP contribution >= 0.6 is 0 Å². The van der Waals surface area contributed by atoms with Gasteiger partial charge in [-0.3, -0.25) is 4.79 Å². The molecule has 1 atom stereocenters. The van der Waals surface area contributed by atoms with Gasteiger partial charge in [0, 0.05) is 6.54 Å². The van der Waals surface area contributed by atoms with Gasteiger partial charge < -0.3 is 11.1 Å². The molecule has 0 bridgehead atoms. The summed E-state index contributed by atoms with van der Waals surface area (Å²) in [4.78, 5) is 12.0. The van der Waals surface area contributed by atoms with E-state index in [9.17, 15) is 4.79 Å². The number of carbonyl (C=O) groups excluding carboxylic acids is 1. The fraction of sp³-hybridized carbons (Fsp3) is 0.533.